The van der Waals surface area contributed by atoms with Crippen LogP contribution in [0.25, 0.3) is 0 Å². The van der Waals surface area contributed by atoms with Crippen LogP contribution in [0.15, 0.2) is 42.5 Å². The number of hydrogen-bond donors (Lipinski definition) is 1. The van der Waals surface area contributed by atoms with Crippen LogP contribution in [0.1, 0.15) is 42.4 Å². The van der Waals surface area contributed by atoms with Crippen LogP contribution in [-0.4, -0.2) is 6.10 Å². The summed E-state index contributed by atoms with van der Waals surface area (Å²) in [6, 6.07) is 15.0. The van der Waals surface area contributed by atoms with Crippen molar-refractivity contribution in [2.24, 2.45) is 0 Å². The quantitative estimate of drug-likeness (QED) is 0.814. The van der Waals surface area contributed by atoms with E-state index in [1.165, 1.54) is 48.1 Å². The van der Waals surface area contributed by atoms with E-state index in [4.69, 9.17) is 4.74 Å². The maximum atomic E-state index is 6.08. The molecular formula is C20H25NO. The number of benzene rings is 2. The van der Waals surface area contributed by atoms with E-state index in [9.17, 15) is 0 Å². The third-order valence-corrected chi connectivity index (χ3v) is 4.37. The minimum absolute atomic E-state index is 0.419. The first-order valence-corrected chi connectivity index (χ1v) is 8.27. The molecule has 0 aliphatic heterocycles. The van der Waals surface area contributed by atoms with Gasteiger partial charge in [0.1, 0.15) is 5.75 Å². The number of aryl methyl sites for hydroxylation is 2. The van der Waals surface area contributed by atoms with Gasteiger partial charge in [-0.2, -0.15) is 0 Å². The van der Waals surface area contributed by atoms with Crippen LogP contribution in [0.3, 0.4) is 0 Å². The van der Waals surface area contributed by atoms with Gasteiger partial charge >= 0.3 is 0 Å². The Hall–Kier alpha value is -1.96. The molecular weight excluding hydrogens is 270 g/mol. The molecule has 0 atom stereocenters. The van der Waals surface area contributed by atoms with E-state index in [-0.39, 0.29) is 0 Å². The van der Waals surface area contributed by atoms with Crippen molar-refractivity contribution in [2.45, 2.75) is 52.2 Å². The summed E-state index contributed by atoms with van der Waals surface area (Å²) in [7, 11) is 0. The van der Waals surface area contributed by atoms with Crippen LogP contribution in [0, 0.1) is 13.8 Å². The zero-order chi connectivity index (χ0) is 15.4. The van der Waals surface area contributed by atoms with Crippen molar-refractivity contribution in [3.63, 3.8) is 0 Å². The fraction of sp³-hybridized carbons (Fsp3) is 0.400. The van der Waals surface area contributed by atoms with Crippen molar-refractivity contribution < 1.29 is 4.74 Å². The Kier molecular flexibility index (Phi) is 4.67. The molecule has 1 saturated carbocycles. The van der Waals surface area contributed by atoms with Gasteiger partial charge in [0.25, 0.3) is 0 Å². The predicted octanol–water partition coefficient (Wildman–Crippen LogP) is 5.24. The lowest BCUT2D eigenvalue weighted by molar-refractivity contribution is 0.210. The highest BCUT2D eigenvalue weighted by Gasteiger charge is 2.16. The van der Waals surface area contributed by atoms with Gasteiger partial charge in [0.15, 0.2) is 0 Å². The number of nitrogens with one attached hydrogen (secondary N) is 1. The molecule has 1 aliphatic rings. The van der Waals surface area contributed by atoms with E-state index in [0.717, 1.165) is 12.3 Å². The molecule has 0 radical (unpaired) electrons. The van der Waals surface area contributed by atoms with Gasteiger partial charge in [0.05, 0.1) is 6.10 Å². The first-order chi connectivity index (χ1) is 10.7. The summed E-state index contributed by atoms with van der Waals surface area (Å²) < 4.78 is 6.08. The van der Waals surface area contributed by atoms with Crippen LogP contribution < -0.4 is 10.1 Å². The van der Waals surface area contributed by atoms with E-state index in [2.05, 4.69) is 61.6 Å². The predicted molar refractivity (Wildman–Crippen MR) is 92.6 cm³/mol. The van der Waals surface area contributed by atoms with Gasteiger partial charge in [-0.05, 0) is 68.9 Å². The van der Waals surface area contributed by atoms with E-state index in [1.807, 2.05) is 0 Å². The molecule has 116 valence electrons. The minimum Gasteiger partial charge on any atom is -0.490 e. The Morgan fingerprint density at radius 2 is 1.86 bits per heavy atom. The molecule has 0 saturated heterocycles. The van der Waals surface area contributed by atoms with Gasteiger partial charge < -0.3 is 10.1 Å². The Morgan fingerprint density at radius 1 is 1.05 bits per heavy atom. The second kappa shape index (κ2) is 6.87. The lowest BCUT2D eigenvalue weighted by Gasteiger charge is -2.15. The van der Waals surface area contributed by atoms with Crippen molar-refractivity contribution in [2.75, 3.05) is 5.32 Å². The highest BCUT2D eigenvalue weighted by Crippen LogP contribution is 2.25. The molecule has 1 N–H and O–H groups in total. The SMILES string of the molecule is Cc1ccc(NCc2cccc(OC3CCCC3)c2)c(C)c1. The fourth-order valence-corrected chi connectivity index (χ4v) is 3.14. The van der Waals surface area contributed by atoms with Crippen molar-refractivity contribution in [1.29, 1.82) is 0 Å². The molecule has 0 heterocycles. The Bertz CT molecular complexity index is 629. The Morgan fingerprint density at radius 3 is 2.64 bits per heavy atom. The van der Waals surface area contributed by atoms with Crippen LogP contribution in [0.4, 0.5) is 5.69 Å². The van der Waals surface area contributed by atoms with Crippen molar-refractivity contribution in [3.05, 3.63) is 59.2 Å². The summed E-state index contributed by atoms with van der Waals surface area (Å²) in [5.41, 5.74) is 5.05. The number of hydrogen-bond acceptors (Lipinski definition) is 2. The van der Waals surface area contributed by atoms with Crippen molar-refractivity contribution in [1.82, 2.24) is 0 Å². The third-order valence-electron chi connectivity index (χ3n) is 4.37. The molecule has 1 aliphatic carbocycles. The van der Waals surface area contributed by atoms with E-state index in [1.54, 1.807) is 0 Å². The smallest absolute Gasteiger partial charge is 0.120 e. The fourth-order valence-electron chi connectivity index (χ4n) is 3.14. The average molecular weight is 295 g/mol. The normalized spacial score (nSPS) is 15.0. The molecule has 0 unspecified atom stereocenters. The van der Waals surface area contributed by atoms with Gasteiger partial charge in [-0.1, -0.05) is 29.8 Å². The Balaban J connectivity index is 1.62. The second-order valence-corrected chi connectivity index (χ2v) is 6.34. The van der Waals surface area contributed by atoms with Crippen molar-refractivity contribution in [3.8, 4) is 5.75 Å². The van der Waals surface area contributed by atoms with Gasteiger partial charge in [0, 0.05) is 12.2 Å². The molecule has 3 rings (SSSR count). The summed E-state index contributed by atoms with van der Waals surface area (Å²) in [5.74, 6) is 1.01. The van der Waals surface area contributed by atoms with Crippen molar-refractivity contribution >= 4 is 5.69 Å². The highest BCUT2D eigenvalue weighted by molar-refractivity contribution is 5.52. The first kappa shape index (κ1) is 15.0. The molecule has 2 nitrogen and oxygen atoms in total. The van der Waals surface area contributed by atoms with Crippen LogP contribution in [-0.2, 0) is 6.54 Å². The van der Waals surface area contributed by atoms with Gasteiger partial charge in [0.2, 0.25) is 0 Å². The molecule has 2 aromatic carbocycles. The van der Waals surface area contributed by atoms with Crippen LogP contribution in [0.2, 0.25) is 0 Å². The molecule has 2 heteroatoms. The summed E-state index contributed by atoms with van der Waals surface area (Å²) in [6.45, 7) is 5.10. The maximum absolute atomic E-state index is 6.08. The Labute approximate surface area is 133 Å². The largest absolute Gasteiger partial charge is 0.490 e. The lowest BCUT2D eigenvalue weighted by atomic mass is 10.1. The number of ether oxygens (including phenoxy) is 1. The average Bonchev–Trinajstić information content (AvgIpc) is 3.00. The molecule has 2 aromatic rings. The molecule has 0 amide bonds. The summed E-state index contributed by atoms with van der Waals surface area (Å²) in [4.78, 5) is 0. The van der Waals surface area contributed by atoms with Gasteiger partial charge in [-0.3, -0.25) is 0 Å². The zero-order valence-corrected chi connectivity index (χ0v) is 13.6. The summed E-state index contributed by atoms with van der Waals surface area (Å²) >= 11 is 0. The zero-order valence-electron chi connectivity index (χ0n) is 13.6. The first-order valence-electron chi connectivity index (χ1n) is 8.27. The topological polar surface area (TPSA) is 21.3 Å². The van der Waals surface area contributed by atoms with Crippen LogP contribution >= 0.6 is 0 Å². The second-order valence-electron chi connectivity index (χ2n) is 6.34. The molecule has 0 aromatic heterocycles. The molecule has 0 spiro atoms. The minimum atomic E-state index is 0.419. The lowest BCUT2D eigenvalue weighted by Crippen LogP contribution is -2.11. The van der Waals surface area contributed by atoms with E-state index < -0.39 is 0 Å². The molecule has 1 fully saturated rings. The maximum Gasteiger partial charge on any atom is 0.120 e. The number of anilines is 1. The summed E-state index contributed by atoms with van der Waals surface area (Å²) in [6.07, 6.45) is 5.43. The van der Waals surface area contributed by atoms with E-state index in [0.29, 0.717) is 6.10 Å². The third kappa shape index (κ3) is 3.82. The van der Waals surface area contributed by atoms with Gasteiger partial charge in [-0.15, -0.1) is 0 Å². The number of rotatable bonds is 5. The van der Waals surface area contributed by atoms with E-state index >= 15 is 0 Å². The van der Waals surface area contributed by atoms with Gasteiger partial charge in [-0.25, -0.2) is 0 Å². The molecule has 0 bridgehead atoms. The summed E-state index contributed by atoms with van der Waals surface area (Å²) in [5, 5.41) is 3.52. The van der Waals surface area contributed by atoms with Crippen LogP contribution in [0.5, 0.6) is 5.75 Å². The standard InChI is InChI=1S/C20H25NO/c1-15-10-11-20(16(2)12-15)21-14-17-6-5-9-19(13-17)22-18-7-3-4-8-18/h5-6,9-13,18,21H,3-4,7-8,14H2,1-2H3. The highest BCUT2D eigenvalue weighted by atomic mass is 16.5. The monoisotopic (exact) mass is 295 g/mol. The molecule has 22 heavy (non-hydrogen) atoms.